The number of hydrogen-bond donors (Lipinski definition) is 3. The fourth-order valence-corrected chi connectivity index (χ4v) is 1.48. The van der Waals surface area contributed by atoms with Crippen molar-refractivity contribution in [1.29, 1.82) is 0 Å². The van der Waals surface area contributed by atoms with Gasteiger partial charge in [-0.2, -0.15) is 15.4 Å². The summed E-state index contributed by atoms with van der Waals surface area (Å²) < 4.78 is 12.7. The minimum Gasteiger partial charge on any atom is -0.271 e. The van der Waals surface area contributed by atoms with Gasteiger partial charge in [0.15, 0.2) is 0 Å². The van der Waals surface area contributed by atoms with Crippen molar-refractivity contribution in [2.24, 2.45) is 5.84 Å². The van der Waals surface area contributed by atoms with E-state index >= 15 is 0 Å². The maximum Gasteiger partial charge on any atom is 0.123 e. The van der Waals surface area contributed by atoms with Gasteiger partial charge in [0.2, 0.25) is 0 Å². The Morgan fingerprint density at radius 2 is 2.12 bits per heavy atom. The highest BCUT2D eigenvalue weighted by atomic mass is 19.1. The van der Waals surface area contributed by atoms with Crippen molar-refractivity contribution in [2.45, 2.75) is 12.5 Å². The first-order chi connectivity index (χ1) is 7.79. The lowest BCUT2D eigenvalue weighted by atomic mass is 10.0. The predicted octanol–water partition coefficient (Wildman–Crippen LogP) is 0.691. The van der Waals surface area contributed by atoms with E-state index < -0.39 is 0 Å². The molecule has 2 aromatic rings. The Kier molecular flexibility index (Phi) is 3.23. The molecule has 2 rings (SSSR count). The zero-order valence-corrected chi connectivity index (χ0v) is 8.52. The summed E-state index contributed by atoms with van der Waals surface area (Å²) in [7, 11) is 0. The second-order valence-corrected chi connectivity index (χ2v) is 3.44. The second-order valence-electron chi connectivity index (χ2n) is 3.44. The maximum atomic E-state index is 12.7. The van der Waals surface area contributed by atoms with Crippen molar-refractivity contribution < 1.29 is 4.39 Å². The third-order valence-electron chi connectivity index (χ3n) is 2.34. The zero-order chi connectivity index (χ0) is 11.4. The largest absolute Gasteiger partial charge is 0.271 e. The smallest absolute Gasteiger partial charge is 0.123 e. The van der Waals surface area contributed by atoms with Gasteiger partial charge in [0, 0.05) is 0 Å². The van der Waals surface area contributed by atoms with Gasteiger partial charge >= 0.3 is 0 Å². The zero-order valence-electron chi connectivity index (χ0n) is 8.52. The van der Waals surface area contributed by atoms with Gasteiger partial charge in [-0.3, -0.25) is 11.3 Å². The fourth-order valence-electron chi connectivity index (χ4n) is 1.48. The van der Waals surface area contributed by atoms with Gasteiger partial charge in [0.05, 0.1) is 12.2 Å². The molecule has 0 saturated heterocycles. The molecular weight excluding hydrogens is 209 g/mol. The Morgan fingerprint density at radius 1 is 1.38 bits per heavy atom. The SMILES string of the molecule is NNC(Cc1ccc(F)cc1)c1cn[nH]n1. The Morgan fingerprint density at radius 3 is 2.69 bits per heavy atom. The van der Waals surface area contributed by atoms with Gasteiger partial charge < -0.3 is 0 Å². The van der Waals surface area contributed by atoms with Crippen molar-refractivity contribution in [1.82, 2.24) is 20.8 Å². The van der Waals surface area contributed by atoms with Crippen LogP contribution in [0.5, 0.6) is 0 Å². The van der Waals surface area contributed by atoms with E-state index in [1.54, 1.807) is 18.3 Å². The van der Waals surface area contributed by atoms with E-state index in [0.29, 0.717) is 6.42 Å². The molecule has 0 radical (unpaired) electrons. The molecule has 5 nitrogen and oxygen atoms in total. The van der Waals surface area contributed by atoms with Crippen LogP contribution in [0.15, 0.2) is 30.5 Å². The summed E-state index contributed by atoms with van der Waals surface area (Å²) in [6, 6.07) is 6.15. The molecular formula is C10H12FN5. The van der Waals surface area contributed by atoms with Gasteiger partial charge in [-0.15, -0.1) is 0 Å². The van der Waals surface area contributed by atoms with Crippen LogP contribution in [0.4, 0.5) is 4.39 Å². The molecule has 1 unspecified atom stereocenters. The first-order valence-electron chi connectivity index (χ1n) is 4.86. The quantitative estimate of drug-likeness (QED) is 0.524. The van der Waals surface area contributed by atoms with Crippen LogP contribution in [-0.2, 0) is 6.42 Å². The molecule has 1 atom stereocenters. The molecule has 4 N–H and O–H groups in total. The minimum absolute atomic E-state index is 0.135. The molecule has 1 heterocycles. The van der Waals surface area contributed by atoms with Crippen LogP contribution >= 0.6 is 0 Å². The average Bonchev–Trinajstić information content (AvgIpc) is 2.82. The fraction of sp³-hybridized carbons (Fsp3) is 0.200. The van der Waals surface area contributed by atoms with Gasteiger partial charge in [0.25, 0.3) is 0 Å². The summed E-state index contributed by atoms with van der Waals surface area (Å²) in [6.07, 6.45) is 2.23. The maximum absolute atomic E-state index is 12.7. The molecule has 0 fully saturated rings. The highest BCUT2D eigenvalue weighted by Gasteiger charge is 2.12. The molecule has 0 aliphatic rings. The number of H-pyrrole nitrogens is 1. The van der Waals surface area contributed by atoms with Gasteiger partial charge in [0.1, 0.15) is 11.5 Å². The molecule has 16 heavy (non-hydrogen) atoms. The summed E-state index contributed by atoms with van der Waals surface area (Å²) in [6.45, 7) is 0. The number of hydrazine groups is 1. The van der Waals surface area contributed by atoms with Gasteiger partial charge in [-0.25, -0.2) is 4.39 Å². The lowest BCUT2D eigenvalue weighted by Gasteiger charge is -2.12. The van der Waals surface area contributed by atoms with Crippen LogP contribution in [-0.4, -0.2) is 15.4 Å². The van der Waals surface area contributed by atoms with E-state index in [-0.39, 0.29) is 11.9 Å². The first kappa shape index (κ1) is 10.7. The van der Waals surface area contributed by atoms with Crippen LogP contribution in [0.2, 0.25) is 0 Å². The summed E-state index contributed by atoms with van der Waals surface area (Å²) in [5, 5.41) is 10.2. The van der Waals surface area contributed by atoms with Crippen LogP contribution < -0.4 is 11.3 Å². The van der Waals surface area contributed by atoms with Gasteiger partial charge in [-0.05, 0) is 24.1 Å². The van der Waals surface area contributed by atoms with Crippen LogP contribution in [0, 0.1) is 5.82 Å². The highest BCUT2D eigenvalue weighted by Crippen LogP contribution is 2.14. The number of hydrogen-bond acceptors (Lipinski definition) is 4. The highest BCUT2D eigenvalue weighted by molar-refractivity contribution is 5.18. The third-order valence-corrected chi connectivity index (χ3v) is 2.34. The molecule has 0 bridgehead atoms. The van der Waals surface area contributed by atoms with Gasteiger partial charge in [-0.1, -0.05) is 12.1 Å². The number of benzene rings is 1. The number of nitrogens with two attached hydrogens (primary N) is 1. The minimum atomic E-state index is -0.248. The van der Waals surface area contributed by atoms with Crippen LogP contribution in [0.1, 0.15) is 17.3 Å². The monoisotopic (exact) mass is 221 g/mol. The molecule has 84 valence electrons. The Labute approximate surface area is 91.8 Å². The van der Waals surface area contributed by atoms with Crippen LogP contribution in [0.3, 0.4) is 0 Å². The normalized spacial score (nSPS) is 12.6. The summed E-state index contributed by atoms with van der Waals surface area (Å²) in [5.74, 6) is 5.19. The molecule has 0 aliphatic carbocycles. The molecule has 0 amide bonds. The number of aromatic amines is 1. The lowest BCUT2D eigenvalue weighted by molar-refractivity contribution is 0.536. The Balaban J connectivity index is 2.10. The summed E-state index contributed by atoms with van der Waals surface area (Å²) in [4.78, 5) is 0. The summed E-state index contributed by atoms with van der Waals surface area (Å²) in [5.41, 5.74) is 4.36. The average molecular weight is 221 g/mol. The second kappa shape index (κ2) is 4.82. The molecule has 1 aromatic carbocycles. The molecule has 0 saturated carbocycles. The van der Waals surface area contributed by atoms with E-state index in [0.717, 1.165) is 11.3 Å². The standard InChI is InChI=1S/C10H12FN5/c11-8-3-1-7(2-4-8)5-9(14-12)10-6-13-16-15-10/h1-4,6,9,14H,5,12H2,(H,13,15,16). The molecule has 1 aromatic heterocycles. The topological polar surface area (TPSA) is 79.6 Å². The molecule has 6 heteroatoms. The Bertz CT molecular complexity index is 425. The van der Waals surface area contributed by atoms with Crippen molar-refractivity contribution in [3.05, 3.63) is 47.5 Å². The lowest BCUT2D eigenvalue weighted by Crippen LogP contribution is -2.29. The third kappa shape index (κ3) is 2.41. The number of rotatable bonds is 4. The van der Waals surface area contributed by atoms with Crippen molar-refractivity contribution in [3.63, 3.8) is 0 Å². The number of nitrogens with zero attached hydrogens (tertiary/aromatic N) is 2. The summed E-state index contributed by atoms with van der Waals surface area (Å²) >= 11 is 0. The van der Waals surface area contributed by atoms with Crippen molar-refractivity contribution >= 4 is 0 Å². The number of nitrogens with one attached hydrogen (secondary N) is 2. The van der Waals surface area contributed by atoms with Crippen LogP contribution in [0.25, 0.3) is 0 Å². The van der Waals surface area contributed by atoms with E-state index in [1.807, 2.05) is 0 Å². The first-order valence-corrected chi connectivity index (χ1v) is 4.86. The van der Waals surface area contributed by atoms with E-state index in [4.69, 9.17) is 5.84 Å². The van der Waals surface area contributed by atoms with Crippen molar-refractivity contribution in [2.75, 3.05) is 0 Å². The number of halogens is 1. The molecule has 0 aliphatic heterocycles. The number of aromatic nitrogens is 3. The Hall–Kier alpha value is -1.79. The van der Waals surface area contributed by atoms with E-state index in [1.165, 1.54) is 12.1 Å². The van der Waals surface area contributed by atoms with Crippen molar-refractivity contribution in [3.8, 4) is 0 Å². The van der Waals surface area contributed by atoms with E-state index in [2.05, 4.69) is 20.8 Å². The predicted molar refractivity (Wildman–Crippen MR) is 56.6 cm³/mol. The molecule has 0 spiro atoms. The van der Waals surface area contributed by atoms with E-state index in [9.17, 15) is 4.39 Å².